The van der Waals surface area contributed by atoms with E-state index in [-0.39, 0.29) is 17.6 Å². The molecule has 3 nitrogen and oxygen atoms in total. The lowest BCUT2D eigenvalue weighted by molar-refractivity contribution is -0.125. The van der Waals surface area contributed by atoms with Gasteiger partial charge in [-0.1, -0.05) is 42.5 Å². The number of aryl methyl sites for hydroxylation is 1. The topological polar surface area (TPSA) is 42.0 Å². The molecule has 0 saturated heterocycles. The van der Waals surface area contributed by atoms with Gasteiger partial charge in [-0.2, -0.15) is 0 Å². The number of thiazole rings is 1. The predicted octanol–water partition coefficient (Wildman–Crippen LogP) is 4.37. The summed E-state index contributed by atoms with van der Waals surface area (Å²) >= 11 is 1.69. The van der Waals surface area contributed by atoms with Crippen LogP contribution in [0.3, 0.4) is 0 Å². The highest BCUT2D eigenvalue weighted by Gasteiger charge is 2.27. The first-order valence-corrected chi connectivity index (χ1v) is 9.57. The minimum atomic E-state index is -0.265. The lowest BCUT2D eigenvalue weighted by Gasteiger charge is -2.20. The highest BCUT2D eigenvalue weighted by molar-refractivity contribution is 7.15. The highest BCUT2D eigenvalue weighted by Crippen LogP contribution is 2.34. The van der Waals surface area contributed by atoms with Gasteiger partial charge < -0.3 is 5.32 Å². The number of nitrogens with zero attached hydrogens (tertiary/aromatic N) is 1. The number of carbonyl (C=O) groups is 1. The molecule has 1 heterocycles. The number of amides is 1. The maximum absolute atomic E-state index is 12.9. The monoisotopic (exact) mass is 366 g/mol. The zero-order valence-corrected chi connectivity index (χ0v) is 15.1. The molecule has 0 bridgehead atoms. The fourth-order valence-corrected chi connectivity index (χ4v) is 4.43. The third-order valence-corrected chi connectivity index (χ3v) is 5.88. The molecular weight excluding hydrogens is 347 g/mol. The molecule has 26 heavy (non-hydrogen) atoms. The number of fused-ring (bicyclic) bond motifs is 1. The fraction of sp³-hybridized carbons (Fsp3) is 0.238. The molecule has 0 radical (unpaired) electrons. The summed E-state index contributed by atoms with van der Waals surface area (Å²) in [5, 5.41) is 4.01. The Bertz CT molecular complexity index is 906. The predicted molar refractivity (Wildman–Crippen MR) is 101 cm³/mol. The summed E-state index contributed by atoms with van der Waals surface area (Å²) in [7, 11) is 0. The summed E-state index contributed by atoms with van der Waals surface area (Å²) in [4.78, 5) is 18.5. The average Bonchev–Trinajstić information content (AvgIpc) is 3.11. The smallest absolute Gasteiger partial charge is 0.223 e. The highest BCUT2D eigenvalue weighted by atomic mass is 32.1. The molecular formula is C21H19FN2OS. The normalized spacial score (nSPS) is 16.1. The van der Waals surface area contributed by atoms with Crippen LogP contribution in [0.2, 0.25) is 0 Å². The number of hydrogen-bond donors (Lipinski definition) is 1. The summed E-state index contributed by atoms with van der Waals surface area (Å²) in [6.07, 6.45) is 2.41. The molecule has 1 N–H and O–H groups in total. The largest absolute Gasteiger partial charge is 0.352 e. The Morgan fingerprint density at radius 2 is 1.92 bits per heavy atom. The number of halogens is 1. The van der Waals surface area contributed by atoms with E-state index in [1.807, 2.05) is 18.2 Å². The fourth-order valence-electron chi connectivity index (χ4n) is 3.24. The van der Waals surface area contributed by atoms with E-state index in [1.54, 1.807) is 23.5 Å². The van der Waals surface area contributed by atoms with Gasteiger partial charge in [0, 0.05) is 22.9 Å². The second-order valence-electron chi connectivity index (χ2n) is 6.54. The number of hydrogen-bond acceptors (Lipinski definition) is 3. The molecule has 3 aromatic rings. The lowest BCUT2D eigenvalue weighted by Crippen LogP contribution is -2.33. The van der Waals surface area contributed by atoms with E-state index in [4.69, 9.17) is 4.98 Å². The molecule has 1 amide bonds. The minimum absolute atomic E-state index is 0.0213. The van der Waals surface area contributed by atoms with Crippen molar-refractivity contribution in [3.63, 3.8) is 0 Å². The lowest BCUT2D eigenvalue weighted by atomic mass is 9.90. The van der Waals surface area contributed by atoms with Gasteiger partial charge in [-0.05, 0) is 37.0 Å². The van der Waals surface area contributed by atoms with Crippen LogP contribution in [0.15, 0.2) is 54.6 Å². The van der Waals surface area contributed by atoms with Gasteiger partial charge in [0.2, 0.25) is 5.91 Å². The molecule has 1 aliphatic carbocycles. The van der Waals surface area contributed by atoms with Crippen LogP contribution < -0.4 is 5.32 Å². The first-order valence-electron chi connectivity index (χ1n) is 8.75. The summed E-state index contributed by atoms with van der Waals surface area (Å²) in [5.41, 5.74) is 3.17. The van der Waals surface area contributed by atoms with Crippen molar-refractivity contribution in [1.82, 2.24) is 10.3 Å². The van der Waals surface area contributed by atoms with E-state index < -0.39 is 0 Å². The molecule has 1 aromatic heterocycles. The summed E-state index contributed by atoms with van der Waals surface area (Å²) in [6, 6.07) is 16.4. The standard InChI is InChI=1S/C21H19FN2OS/c22-17-9-6-14(7-10-17)13-23-20(25)16-8-11-18-19(12-16)26-21(24-18)15-4-2-1-3-5-15/h1-7,9-10,16H,8,11-13H2,(H,23,25). The number of nitrogens with one attached hydrogen (secondary N) is 1. The maximum Gasteiger partial charge on any atom is 0.223 e. The molecule has 1 aliphatic rings. The zero-order valence-electron chi connectivity index (χ0n) is 14.2. The van der Waals surface area contributed by atoms with Gasteiger partial charge in [0.1, 0.15) is 10.8 Å². The van der Waals surface area contributed by atoms with E-state index in [0.29, 0.717) is 6.54 Å². The van der Waals surface area contributed by atoms with Crippen LogP contribution in [0.1, 0.15) is 22.6 Å². The number of benzene rings is 2. The quantitative estimate of drug-likeness (QED) is 0.745. The summed E-state index contributed by atoms with van der Waals surface area (Å²) in [6.45, 7) is 0.431. The third-order valence-electron chi connectivity index (χ3n) is 4.71. The third kappa shape index (κ3) is 3.68. The molecule has 0 saturated carbocycles. The van der Waals surface area contributed by atoms with Gasteiger partial charge in [-0.25, -0.2) is 9.37 Å². The molecule has 132 valence electrons. The van der Waals surface area contributed by atoms with Crippen LogP contribution >= 0.6 is 11.3 Å². The average molecular weight is 366 g/mol. The first-order chi connectivity index (χ1) is 12.7. The molecule has 2 aromatic carbocycles. The molecule has 0 fully saturated rings. The maximum atomic E-state index is 12.9. The molecule has 1 unspecified atom stereocenters. The van der Waals surface area contributed by atoms with Crippen molar-refractivity contribution in [3.05, 3.63) is 76.5 Å². The van der Waals surface area contributed by atoms with Gasteiger partial charge in [-0.3, -0.25) is 4.79 Å². The van der Waals surface area contributed by atoms with E-state index in [0.717, 1.165) is 41.1 Å². The Morgan fingerprint density at radius 1 is 1.15 bits per heavy atom. The van der Waals surface area contributed by atoms with Crippen molar-refractivity contribution in [2.75, 3.05) is 0 Å². The molecule has 1 atom stereocenters. The van der Waals surface area contributed by atoms with Crippen molar-refractivity contribution >= 4 is 17.2 Å². The minimum Gasteiger partial charge on any atom is -0.352 e. The number of carbonyl (C=O) groups excluding carboxylic acids is 1. The van der Waals surface area contributed by atoms with Crippen LogP contribution in [-0.4, -0.2) is 10.9 Å². The first kappa shape index (κ1) is 16.9. The van der Waals surface area contributed by atoms with Crippen molar-refractivity contribution < 1.29 is 9.18 Å². The van der Waals surface area contributed by atoms with E-state index in [2.05, 4.69) is 17.4 Å². The van der Waals surface area contributed by atoms with E-state index in [9.17, 15) is 9.18 Å². The van der Waals surface area contributed by atoms with Gasteiger partial charge in [0.25, 0.3) is 0 Å². The van der Waals surface area contributed by atoms with Gasteiger partial charge in [0.05, 0.1) is 5.69 Å². The van der Waals surface area contributed by atoms with Crippen LogP contribution in [-0.2, 0) is 24.2 Å². The van der Waals surface area contributed by atoms with Crippen molar-refractivity contribution in [2.24, 2.45) is 5.92 Å². The SMILES string of the molecule is O=C(NCc1ccc(F)cc1)C1CCc2nc(-c3ccccc3)sc2C1. The van der Waals surface area contributed by atoms with Crippen molar-refractivity contribution in [3.8, 4) is 10.6 Å². The van der Waals surface area contributed by atoms with Crippen molar-refractivity contribution in [2.45, 2.75) is 25.8 Å². The molecule has 4 rings (SSSR count). The second kappa shape index (κ2) is 7.38. The Labute approximate surface area is 155 Å². The van der Waals surface area contributed by atoms with Crippen LogP contribution in [0, 0.1) is 11.7 Å². The Hall–Kier alpha value is -2.53. The van der Waals surface area contributed by atoms with Gasteiger partial charge in [-0.15, -0.1) is 11.3 Å². The Morgan fingerprint density at radius 3 is 2.69 bits per heavy atom. The molecule has 0 spiro atoms. The zero-order chi connectivity index (χ0) is 17.9. The van der Waals surface area contributed by atoms with Crippen LogP contribution in [0.5, 0.6) is 0 Å². The van der Waals surface area contributed by atoms with Gasteiger partial charge in [0.15, 0.2) is 0 Å². The summed E-state index contributed by atoms with van der Waals surface area (Å²) in [5.74, 6) is -0.221. The molecule has 0 aliphatic heterocycles. The van der Waals surface area contributed by atoms with Crippen molar-refractivity contribution in [1.29, 1.82) is 0 Å². The number of aromatic nitrogens is 1. The second-order valence-corrected chi connectivity index (χ2v) is 7.62. The van der Waals surface area contributed by atoms with Gasteiger partial charge >= 0.3 is 0 Å². The molecule has 5 heteroatoms. The van der Waals surface area contributed by atoms with Crippen LogP contribution in [0.4, 0.5) is 4.39 Å². The van der Waals surface area contributed by atoms with Crippen LogP contribution in [0.25, 0.3) is 10.6 Å². The summed E-state index contributed by atoms with van der Waals surface area (Å²) < 4.78 is 12.9. The Balaban J connectivity index is 1.40. The van der Waals surface area contributed by atoms with E-state index >= 15 is 0 Å². The Kier molecular flexibility index (Phi) is 4.80. The van der Waals surface area contributed by atoms with E-state index in [1.165, 1.54) is 17.0 Å². The number of rotatable bonds is 4.